The van der Waals surface area contributed by atoms with Crippen LogP contribution in [0.5, 0.6) is 0 Å². The van der Waals surface area contributed by atoms with E-state index in [1.165, 1.54) is 6.33 Å². The zero-order valence-electron chi connectivity index (χ0n) is 12.9. The molecule has 7 nitrogen and oxygen atoms in total. The minimum atomic E-state index is -0.498. The molecule has 1 amide bonds. The molecule has 3 rings (SSSR count). The molecular weight excluding hydrogens is 294 g/mol. The van der Waals surface area contributed by atoms with Gasteiger partial charge in [-0.2, -0.15) is 5.10 Å². The molecule has 0 atom stereocenters. The number of ether oxygens (including phenoxy) is 1. The Bertz CT molecular complexity index is 650. The van der Waals surface area contributed by atoms with Crippen LogP contribution in [-0.4, -0.2) is 40.4 Å². The third-order valence-electron chi connectivity index (χ3n) is 4.37. The second-order valence-corrected chi connectivity index (χ2v) is 5.79. The minimum Gasteiger partial charge on any atom is -0.381 e. The average molecular weight is 315 g/mol. The van der Waals surface area contributed by atoms with E-state index >= 15 is 0 Å². The summed E-state index contributed by atoms with van der Waals surface area (Å²) in [5.74, 6) is 0.00876. The number of nitrogens with zero attached hydrogens (tertiary/aromatic N) is 3. The Labute approximate surface area is 134 Å². The molecule has 122 valence electrons. The van der Waals surface area contributed by atoms with E-state index in [0.29, 0.717) is 39.1 Å². The van der Waals surface area contributed by atoms with E-state index in [2.05, 4.69) is 15.4 Å². The second-order valence-electron chi connectivity index (χ2n) is 5.79. The Morgan fingerprint density at radius 2 is 2.22 bits per heavy atom. The largest absolute Gasteiger partial charge is 0.381 e. The fourth-order valence-corrected chi connectivity index (χ4v) is 2.81. The Morgan fingerprint density at radius 1 is 1.39 bits per heavy atom. The topological polar surface area (TPSA) is 95.1 Å². The van der Waals surface area contributed by atoms with Gasteiger partial charge in [-0.1, -0.05) is 12.1 Å². The maximum atomic E-state index is 12.6. The molecule has 0 unspecified atom stereocenters. The average Bonchev–Trinajstić information content (AvgIpc) is 3.15. The zero-order valence-corrected chi connectivity index (χ0v) is 12.9. The molecule has 23 heavy (non-hydrogen) atoms. The number of benzene rings is 1. The van der Waals surface area contributed by atoms with Crippen molar-refractivity contribution in [1.29, 1.82) is 0 Å². The molecule has 0 saturated carbocycles. The number of nitrogens with two attached hydrogens (primary N) is 1. The van der Waals surface area contributed by atoms with Gasteiger partial charge in [0.25, 0.3) is 0 Å². The molecule has 1 aromatic heterocycles. The standard InChI is InChI=1S/C16H21N5O2/c17-10-16(4-6-23-7-5-16)15(22)19-9-13-2-1-3-14(8-13)21-12-18-11-20-21/h1-3,8,11-12H,4-7,9-10,17H2,(H,19,22). The van der Waals surface area contributed by atoms with Crippen LogP contribution in [0.25, 0.3) is 5.69 Å². The summed E-state index contributed by atoms with van der Waals surface area (Å²) in [4.78, 5) is 16.5. The number of nitrogens with one attached hydrogen (secondary N) is 1. The SMILES string of the molecule is NCC1(C(=O)NCc2cccc(-n3cncn3)c2)CCOCC1. The Balaban J connectivity index is 1.66. The Morgan fingerprint density at radius 3 is 2.91 bits per heavy atom. The van der Waals surface area contributed by atoms with E-state index in [1.807, 2.05) is 24.3 Å². The van der Waals surface area contributed by atoms with Crippen molar-refractivity contribution in [2.75, 3.05) is 19.8 Å². The molecule has 0 aliphatic carbocycles. The first kappa shape index (κ1) is 15.6. The third-order valence-corrected chi connectivity index (χ3v) is 4.37. The monoisotopic (exact) mass is 315 g/mol. The van der Waals surface area contributed by atoms with Gasteiger partial charge in [-0.15, -0.1) is 0 Å². The summed E-state index contributed by atoms with van der Waals surface area (Å²) in [5, 5.41) is 7.12. The summed E-state index contributed by atoms with van der Waals surface area (Å²) in [6.07, 6.45) is 4.48. The van der Waals surface area contributed by atoms with Gasteiger partial charge in [0.1, 0.15) is 12.7 Å². The van der Waals surface area contributed by atoms with E-state index in [4.69, 9.17) is 10.5 Å². The van der Waals surface area contributed by atoms with Gasteiger partial charge < -0.3 is 15.8 Å². The lowest BCUT2D eigenvalue weighted by atomic mass is 9.79. The van der Waals surface area contributed by atoms with E-state index < -0.39 is 5.41 Å². The van der Waals surface area contributed by atoms with E-state index in [0.717, 1.165) is 11.3 Å². The van der Waals surface area contributed by atoms with Crippen LogP contribution in [0.2, 0.25) is 0 Å². The first-order chi connectivity index (χ1) is 11.2. The van der Waals surface area contributed by atoms with E-state index in [9.17, 15) is 4.79 Å². The molecule has 2 aromatic rings. The summed E-state index contributed by atoms with van der Waals surface area (Å²) in [6.45, 7) is 1.99. The fourth-order valence-electron chi connectivity index (χ4n) is 2.81. The summed E-state index contributed by atoms with van der Waals surface area (Å²) in [5.41, 5.74) is 7.28. The van der Waals surface area contributed by atoms with Crippen molar-refractivity contribution in [3.63, 3.8) is 0 Å². The highest BCUT2D eigenvalue weighted by Crippen LogP contribution is 2.29. The number of carbonyl (C=O) groups is 1. The molecule has 3 N–H and O–H groups in total. The lowest BCUT2D eigenvalue weighted by Gasteiger charge is -2.34. The van der Waals surface area contributed by atoms with E-state index in [-0.39, 0.29) is 5.91 Å². The summed E-state index contributed by atoms with van der Waals surface area (Å²) in [7, 11) is 0. The molecule has 2 heterocycles. The molecule has 1 saturated heterocycles. The van der Waals surface area contributed by atoms with Crippen LogP contribution in [0.3, 0.4) is 0 Å². The van der Waals surface area contributed by atoms with Crippen molar-refractivity contribution in [2.45, 2.75) is 19.4 Å². The Hall–Kier alpha value is -2.25. The predicted molar refractivity (Wildman–Crippen MR) is 84.7 cm³/mol. The van der Waals surface area contributed by atoms with Crippen molar-refractivity contribution in [3.05, 3.63) is 42.5 Å². The maximum Gasteiger partial charge on any atom is 0.227 e. The first-order valence-corrected chi connectivity index (χ1v) is 7.74. The van der Waals surface area contributed by atoms with Gasteiger partial charge in [-0.3, -0.25) is 4.79 Å². The summed E-state index contributed by atoms with van der Waals surface area (Å²) in [6, 6.07) is 7.83. The van der Waals surface area contributed by atoms with Crippen LogP contribution < -0.4 is 11.1 Å². The van der Waals surface area contributed by atoms with Crippen molar-refractivity contribution in [3.8, 4) is 5.69 Å². The number of aromatic nitrogens is 3. The second kappa shape index (κ2) is 6.89. The minimum absolute atomic E-state index is 0.00876. The van der Waals surface area contributed by atoms with Crippen molar-refractivity contribution >= 4 is 5.91 Å². The van der Waals surface area contributed by atoms with Gasteiger partial charge >= 0.3 is 0 Å². The van der Waals surface area contributed by atoms with Crippen LogP contribution in [-0.2, 0) is 16.1 Å². The molecule has 7 heteroatoms. The molecule has 1 aliphatic heterocycles. The predicted octanol–water partition coefficient (Wildman–Crippen LogP) is 0.639. The molecule has 0 radical (unpaired) electrons. The highest BCUT2D eigenvalue weighted by Gasteiger charge is 2.38. The molecular formula is C16H21N5O2. The highest BCUT2D eigenvalue weighted by atomic mass is 16.5. The molecule has 0 bridgehead atoms. The van der Waals surface area contributed by atoms with Gasteiger partial charge in [0.15, 0.2) is 0 Å². The summed E-state index contributed by atoms with van der Waals surface area (Å²) >= 11 is 0. The quantitative estimate of drug-likeness (QED) is 0.844. The zero-order chi connectivity index (χ0) is 16.1. The lowest BCUT2D eigenvalue weighted by Crippen LogP contribution is -2.48. The number of rotatable bonds is 5. The molecule has 1 aliphatic rings. The molecule has 0 spiro atoms. The van der Waals surface area contributed by atoms with Gasteiger partial charge in [0.2, 0.25) is 5.91 Å². The fraction of sp³-hybridized carbons (Fsp3) is 0.438. The van der Waals surface area contributed by atoms with Gasteiger partial charge in [-0.05, 0) is 30.5 Å². The van der Waals surface area contributed by atoms with Crippen LogP contribution in [0, 0.1) is 5.41 Å². The molecule has 1 aromatic carbocycles. The number of hydrogen-bond acceptors (Lipinski definition) is 5. The normalized spacial score (nSPS) is 16.9. The smallest absolute Gasteiger partial charge is 0.227 e. The summed E-state index contributed by atoms with van der Waals surface area (Å²) < 4.78 is 7.03. The Kier molecular flexibility index (Phi) is 4.68. The van der Waals surface area contributed by atoms with Gasteiger partial charge in [0, 0.05) is 26.3 Å². The first-order valence-electron chi connectivity index (χ1n) is 7.74. The number of carbonyl (C=O) groups excluding carboxylic acids is 1. The lowest BCUT2D eigenvalue weighted by molar-refractivity contribution is -0.136. The van der Waals surface area contributed by atoms with Gasteiger partial charge in [0.05, 0.1) is 11.1 Å². The van der Waals surface area contributed by atoms with Gasteiger partial charge in [-0.25, -0.2) is 9.67 Å². The van der Waals surface area contributed by atoms with Crippen molar-refractivity contribution in [1.82, 2.24) is 20.1 Å². The molecule has 1 fully saturated rings. The third kappa shape index (κ3) is 3.40. The maximum absolute atomic E-state index is 12.6. The highest BCUT2D eigenvalue weighted by molar-refractivity contribution is 5.83. The van der Waals surface area contributed by atoms with Crippen molar-refractivity contribution in [2.24, 2.45) is 11.1 Å². The number of amides is 1. The van der Waals surface area contributed by atoms with Crippen LogP contribution >= 0.6 is 0 Å². The number of hydrogen-bond donors (Lipinski definition) is 2. The van der Waals surface area contributed by atoms with Crippen molar-refractivity contribution < 1.29 is 9.53 Å². The van der Waals surface area contributed by atoms with Crippen LogP contribution in [0.4, 0.5) is 0 Å². The van der Waals surface area contributed by atoms with Crippen LogP contribution in [0.15, 0.2) is 36.9 Å². The van der Waals surface area contributed by atoms with Crippen LogP contribution in [0.1, 0.15) is 18.4 Å². The van der Waals surface area contributed by atoms with E-state index in [1.54, 1.807) is 11.0 Å².